The van der Waals surface area contributed by atoms with Crippen LogP contribution in [0.5, 0.6) is 0 Å². The molecular weight excluding hydrogens is 274 g/mol. The summed E-state index contributed by atoms with van der Waals surface area (Å²) in [7, 11) is 1.85. The Morgan fingerprint density at radius 1 is 1.15 bits per heavy atom. The van der Waals surface area contributed by atoms with Crippen LogP contribution in [0.4, 0.5) is 0 Å². The van der Waals surface area contributed by atoms with Gasteiger partial charge in [-0.2, -0.15) is 5.10 Å². The SMILES string of the molecule is Cn1nnc2ccc(/C(=N\N)c3ccc(Cl)cc3)cc21. The first-order chi connectivity index (χ1) is 9.69. The number of nitrogens with two attached hydrogens (primary N) is 1. The molecule has 2 aromatic carbocycles. The molecule has 100 valence electrons. The van der Waals surface area contributed by atoms with E-state index in [0.717, 1.165) is 22.2 Å². The van der Waals surface area contributed by atoms with Crippen molar-refractivity contribution < 1.29 is 0 Å². The van der Waals surface area contributed by atoms with Crippen molar-refractivity contribution in [2.24, 2.45) is 18.0 Å². The molecule has 0 saturated heterocycles. The Labute approximate surface area is 120 Å². The van der Waals surface area contributed by atoms with Gasteiger partial charge in [-0.05, 0) is 24.3 Å². The van der Waals surface area contributed by atoms with Gasteiger partial charge < -0.3 is 5.84 Å². The van der Waals surface area contributed by atoms with Crippen LogP contribution >= 0.6 is 11.6 Å². The lowest BCUT2D eigenvalue weighted by atomic mass is 10.0. The maximum atomic E-state index is 5.90. The maximum absolute atomic E-state index is 5.90. The second kappa shape index (κ2) is 4.94. The van der Waals surface area contributed by atoms with Crippen molar-refractivity contribution in [3.8, 4) is 0 Å². The van der Waals surface area contributed by atoms with E-state index in [0.29, 0.717) is 10.7 Å². The van der Waals surface area contributed by atoms with Crippen LogP contribution in [-0.2, 0) is 7.05 Å². The second-order valence-corrected chi connectivity index (χ2v) is 4.84. The fourth-order valence-electron chi connectivity index (χ4n) is 2.10. The lowest BCUT2D eigenvalue weighted by molar-refractivity contribution is 0.736. The number of aromatic nitrogens is 3. The van der Waals surface area contributed by atoms with Gasteiger partial charge in [0, 0.05) is 23.2 Å². The van der Waals surface area contributed by atoms with Gasteiger partial charge in [0.2, 0.25) is 0 Å². The summed E-state index contributed by atoms with van der Waals surface area (Å²) in [5.41, 5.74) is 4.28. The van der Waals surface area contributed by atoms with Crippen LogP contribution in [-0.4, -0.2) is 20.7 Å². The van der Waals surface area contributed by atoms with Crippen molar-refractivity contribution >= 4 is 28.3 Å². The van der Waals surface area contributed by atoms with Crippen molar-refractivity contribution in [1.29, 1.82) is 0 Å². The number of hydrazone groups is 1. The largest absolute Gasteiger partial charge is 0.323 e. The van der Waals surface area contributed by atoms with Crippen LogP contribution in [0.1, 0.15) is 11.1 Å². The summed E-state index contributed by atoms with van der Waals surface area (Å²) < 4.78 is 1.72. The number of aryl methyl sites for hydroxylation is 1. The zero-order chi connectivity index (χ0) is 14.1. The number of hydrogen-bond donors (Lipinski definition) is 1. The fraction of sp³-hybridized carbons (Fsp3) is 0.0714. The van der Waals surface area contributed by atoms with Gasteiger partial charge in [-0.15, -0.1) is 5.10 Å². The molecule has 1 aromatic heterocycles. The van der Waals surface area contributed by atoms with Crippen molar-refractivity contribution in [3.05, 3.63) is 58.6 Å². The summed E-state index contributed by atoms with van der Waals surface area (Å²) in [6, 6.07) is 13.2. The first kappa shape index (κ1) is 12.6. The molecule has 0 aliphatic carbocycles. The van der Waals surface area contributed by atoms with E-state index in [-0.39, 0.29) is 0 Å². The topological polar surface area (TPSA) is 69.1 Å². The summed E-state index contributed by atoms with van der Waals surface area (Å²) >= 11 is 5.90. The third kappa shape index (κ3) is 2.12. The Kier molecular flexibility index (Phi) is 3.12. The summed E-state index contributed by atoms with van der Waals surface area (Å²) in [4.78, 5) is 0. The molecule has 0 saturated carbocycles. The average Bonchev–Trinajstić information content (AvgIpc) is 2.83. The standard InChI is InChI=1S/C14H12ClN5/c1-20-13-8-10(4-7-12(13)18-19-20)14(17-16)9-2-5-11(15)6-3-9/h2-8H,16H2,1H3/b17-14-. The van der Waals surface area contributed by atoms with Crippen molar-refractivity contribution in [2.75, 3.05) is 0 Å². The first-order valence-electron chi connectivity index (χ1n) is 6.02. The Morgan fingerprint density at radius 2 is 1.85 bits per heavy atom. The minimum absolute atomic E-state index is 0.677. The van der Waals surface area contributed by atoms with Crippen LogP contribution < -0.4 is 5.84 Å². The molecule has 3 aromatic rings. The van der Waals surface area contributed by atoms with E-state index in [9.17, 15) is 0 Å². The molecule has 0 unspecified atom stereocenters. The van der Waals surface area contributed by atoms with Crippen molar-refractivity contribution in [2.45, 2.75) is 0 Å². The molecule has 0 aliphatic heterocycles. The lowest BCUT2D eigenvalue weighted by Crippen LogP contribution is -2.06. The first-order valence-corrected chi connectivity index (χ1v) is 6.40. The van der Waals surface area contributed by atoms with Gasteiger partial charge in [-0.1, -0.05) is 35.0 Å². The zero-order valence-corrected chi connectivity index (χ0v) is 11.5. The Morgan fingerprint density at radius 3 is 2.55 bits per heavy atom. The van der Waals surface area contributed by atoms with Crippen molar-refractivity contribution in [3.63, 3.8) is 0 Å². The predicted octanol–water partition coefficient (Wildman–Crippen LogP) is 2.33. The third-order valence-electron chi connectivity index (χ3n) is 3.13. The molecule has 0 spiro atoms. The highest BCUT2D eigenvalue weighted by atomic mass is 35.5. The summed E-state index contributed by atoms with van der Waals surface area (Å²) in [5.74, 6) is 5.55. The van der Waals surface area contributed by atoms with Gasteiger partial charge in [-0.3, -0.25) is 0 Å². The van der Waals surface area contributed by atoms with Crippen LogP contribution in [0, 0.1) is 0 Å². The van der Waals surface area contributed by atoms with Gasteiger partial charge in [0.25, 0.3) is 0 Å². The fourth-order valence-corrected chi connectivity index (χ4v) is 2.23. The summed E-state index contributed by atoms with van der Waals surface area (Å²) in [6.07, 6.45) is 0. The van der Waals surface area contributed by atoms with E-state index in [1.54, 1.807) is 4.68 Å². The number of benzene rings is 2. The third-order valence-corrected chi connectivity index (χ3v) is 3.38. The van der Waals surface area contributed by atoms with Crippen LogP contribution in [0.25, 0.3) is 11.0 Å². The van der Waals surface area contributed by atoms with Gasteiger partial charge in [0.1, 0.15) is 5.52 Å². The number of fused-ring (bicyclic) bond motifs is 1. The number of nitrogens with zero attached hydrogens (tertiary/aromatic N) is 4. The molecule has 2 N–H and O–H groups in total. The number of hydrogen-bond acceptors (Lipinski definition) is 4. The van der Waals surface area contributed by atoms with Crippen LogP contribution in [0.2, 0.25) is 5.02 Å². The second-order valence-electron chi connectivity index (χ2n) is 4.40. The van der Waals surface area contributed by atoms with E-state index in [2.05, 4.69) is 15.4 Å². The van der Waals surface area contributed by atoms with E-state index >= 15 is 0 Å². The molecule has 0 fully saturated rings. The minimum atomic E-state index is 0.677. The molecule has 5 nitrogen and oxygen atoms in total. The van der Waals surface area contributed by atoms with Gasteiger partial charge in [-0.25, -0.2) is 4.68 Å². The predicted molar refractivity (Wildman–Crippen MR) is 79.8 cm³/mol. The molecule has 0 radical (unpaired) electrons. The lowest BCUT2D eigenvalue weighted by Gasteiger charge is -2.06. The van der Waals surface area contributed by atoms with E-state index in [1.165, 1.54) is 0 Å². The van der Waals surface area contributed by atoms with E-state index in [4.69, 9.17) is 17.4 Å². The van der Waals surface area contributed by atoms with Crippen LogP contribution in [0.3, 0.4) is 0 Å². The maximum Gasteiger partial charge on any atom is 0.113 e. The highest BCUT2D eigenvalue weighted by molar-refractivity contribution is 6.30. The van der Waals surface area contributed by atoms with Crippen LogP contribution in [0.15, 0.2) is 47.6 Å². The van der Waals surface area contributed by atoms with Crippen molar-refractivity contribution in [1.82, 2.24) is 15.0 Å². The van der Waals surface area contributed by atoms with Gasteiger partial charge >= 0.3 is 0 Å². The normalized spacial score (nSPS) is 12.0. The zero-order valence-electron chi connectivity index (χ0n) is 10.8. The summed E-state index contributed by atoms with van der Waals surface area (Å²) in [6.45, 7) is 0. The summed E-state index contributed by atoms with van der Waals surface area (Å²) in [5, 5.41) is 12.6. The highest BCUT2D eigenvalue weighted by Gasteiger charge is 2.10. The van der Waals surface area contributed by atoms with E-state index < -0.39 is 0 Å². The molecule has 1 heterocycles. The molecule has 0 atom stereocenters. The Balaban J connectivity index is 2.11. The molecule has 3 rings (SSSR count). The smallest absolute Gasteiger partial charge is 0.113 e. The molecule has 0 aliphatic rings. The molecule has 20 heavy (non-hydrogen) atoms. The number of rotatable bonds is 2. The quantitative estimate of drug-likeness (QED) is 0.446. The average molecular weight is 286 g/mol. The monoisotopic (exact) mass is 285 g/mol. The Hall–Kier alpha value is -2.40. The molecule has 0 bridgehead atoms. The Bertz CT molecular complexity index is 789. The van der Waals surface area contributed by atoms with Gasteiger partial charge in [0.15, 0.2) is 0 Å². The van der Waals surface area contributed by atoms with E-state index in [1.807, 2.05) is 49.5 Å². The number of halogens is 1. The highest BCUT2D eigenvalue weighted by Crippen LogP contribution is 2.18. The molecule has 6 heteroatoms. The molecule has 0 amide bonds. The minimum Gasteiger partial charge on any atom is -0.323 e. The molecular formula is C14H12ClN5. The van der Waals surface area contributed by atoms with Gasteiger partial charge in [0.05, 0.1) is 11.2 Å².